The first kappa shape index (κ1) is 14.0. The topological polar surface area (TPSA) is 104 Å². The minimum Gasteiger partial charge on any atom is -0.341 e. The summed E-state index contributed by atoms with van der Waals surface area (Å²) in [4.78, 5) is 16.8. The minimum absolute atomic E-state index is 0.0849. The largest absolute Gasteiger partial charge is 0.341 e. The molecule has 0 spiro atoms. The SMILES string of the molecule is O=S(=O)(NC1CCN(c2ncccn2)CC1)c1cnc[nH]1. The molecule has 0 saturated carbocycles. The molecular formula is C12H16N6O2S. The van der Waals surface area contributed by atoms with Gasteiger partial charge in [-0.15, -0.1) is 0 Å². The van der Waals surface area contributed by atoms with E-state index in [2.05, 4.69) is 29.6 Å². The Morgan fingerprint density at radius 2 is 1.95 bits per heavy atom. The van der Waals surface area contributed by atoms with Crippen LogP contribution in [0.5, 0.6) is 0 Å². The maximum Gasteiger partial charge on any atom is 0.257 e. The van der Waals surface area contributed by atoms with Crippen molar-refractivity contribution < 1.29 is 8.42 Å². The van der Waals surface area contributed by atoms with Gasteiger partial charge in [-0.05, 0) is 18.9 Å². The number of aromatic amines is 1. The molecule has 0 amide bonds. The van der Waals surface area contributed by atoms with Crippen molar-refractivity contribution in [2.24, 2.45) is 0 Å². The summed E-state index contributed by atoms with van der Waals surface area (Å²) < 4.78 is 26.9. The number of aromatic nitrogens is 4. The first-order valence-electron chi connectivity index (χ1n) is 6.68. The number of anilines is 1. The molecule has 1 fully saturated rings. The molecule has 8 nitrogen and oxygen atoms in total. The fraction of sp³-hybridized carbons (Fsp3) is 0.417. The Morgan fingerprint density at radius 3 is 2.57 bits per heavy atom. The van der Waals surface area contributed by atoms with Crippen molar-refractivity contribution in [1.82, 2.24) is 24.7 Å². The Labute approximate surface area is 122 Å². The maximum absolute atomic E-state index is 12.1. The Hall–Kier alpha value is -2.00. The van der Waals surface area contributed by atoms with Crippen molar-refractivity contribution in [3.63, 3.8) is 0 Å². The average molecular weight is 308 g/mol. The number of nitrogens with zero attached hydrogens (tertiary/aromatic N) is 4. The van der Waals surface area contributed by atoms with Gasteiger partial charge in [-0.3, -0.25) is 0 Å². The molecule has 21 heavy (non-hydrogen) atoms. The highest BCUT2D eigenvalue weighted by Crippen LogP contribution is 2.17. The van der Waals surface area contributed by atoms with Crippen LogP contribution >= 0.6 is 0 Å². The van der Waals surface area contributed by atoms with Crippen molar-refractivity contribution in [1.29, 1.82) is 0 Å². The van der Waals surface area contributed by atoms with E-state index in [1.807, 2.05) is 0 Å². The summed E-state index contributed by atoms with van der Waals surface area (Å²) in [5, 5.41) is 0.0938. The van der Waals surface area contributed by atoms with Gasteiger partial charge in [-0.25, -0.2) is 28.1 Å². The number of nitrogens with one attached hydrogen (secondary N) is 2. The molecule has 1 aliphatic rings. The summed E-state index contributed by atoms with van der Waals surface area (Å²) in [6.07, 6.45) is 7.49. The van der Waals surface area contributed by atoms with Gasteiger partial charge >= 0.3 is 0 Å². The monoisotopic (exact) mass is 308 g/mol. The number of sulfonamides is 1. The number of hydrogen-bond donors (Lipinski definition) is 2. The fourth-order valence-electron chi connectivity index (χ4n) is 2.32. The van der Waals surface area contributed by atoms with Gasteiger partial charge in [-0.2, -0.15) is 0 Å². The highest BCUT2D eigenvalue weighted by Gasteiger charge is 2.26. The van der Waals surface area contributed by atoms with Crippen LogP contribution < -0.4 is 9.62 Å². The summed E-state index contributed by atoms with van der Waals surface area (Å²) in [6, 6.07) is 1.69. The second kappa shape index (κ2) is 5.78. The predicted octanol–water partition coefficient (Wildman–Crippen LogP) is 0.147. The Morgan fingerprint density at radius 1 is 1.24 bits per heavy atom. The van der Waals surface area contributed by atoms with Crippen molar-refractivity contribution in [2.75, 3.05) is 18.0 Å². The molecule has 112 valence electrons. The normalized spacial score (nSPS) is 17.0. The lowest BCUT2D eigenvalue weighted by Gasteiger charge is -2.31. The third-order valence-corrected chi connectivity index (χ3v) is 4.86. The van der Waals surface area contributed by atoms with Crippen LogP contribution in [-0.2, 0) is 10.0 Å². The lowest BCUT2D eigenvalue weighted by molar-refractivity contribution is 0.455. The molecule has 1 aliphatic heterocycles. The zero-order valence-corrected chi connectivity index (χ0v) is 12.1. The van der Waals surface area contributed by atoms with Crippen molar-refractivity contribution in [3.05, 3.63) is 31.0 Å². The van der Waals surface area contributed by atoms with Gasteiger partial charge in [0.25, 0.3) is 10.0 Å². The van der Waals surface area contributed by atoms with E-state index in [0.29, 0.717) is 18.8 Å². The summed E-state index contributed by atoms with van der Waals surface area (Å²) >= 11 is 0. The lowest BCUT2D eigenvalue weighted by Crippen LogP contribution is -2.45. The first-order valence-corrected chi connectivity index (χ1v) is 8.16. The highest BCUT2D eigenvalue weighted by atomic mass is 32.2. The second-order valence-electron chi connectivity index (χ2n) is 4.85. The lowest BCUT2D eigenvalue weighted by atomic mass is 10.1. The third kappa shape index (κ3) is 3.19. The van der Waals surface area contributed by atoms with E-state index in [-0.39, 0.29) is 11.1 Å². The van der Waals surface area contributed by atoms with Crippen molar-refractivity contribution >= 4 is 16.0 Å². The van der Waals surface area contributed by atoms with Gasteiger partial charge in [0.1, 0.15) is 0 Å². The molecule has 0 atom stereocenters. The molecule has 0 unspecified atom stereocenters. The van der Waals surface area contributed by atoms with E-state index in [1.165, 1.54) is 12.5 Å². The number of rotatable bonds is 4. The summed E-state index contributed by atoms with van der Waals surface area (Å²) in [6.45, 7) is 1.44. The Balaban J connectivity index is 1.59. The van der Waals surface area contributed by atoms with Crippen LogP contribution in [0.2, 0.25) is 0 Å². The Kier molecular flexibility index (Phi) is 3.84. The van der Waals surface area contributed by atoms with E-state index in [9.17, 15) is 8.42 Å². The number of hydrogen-bond acceptors (Lipinski definition) is 6. The number of piperidine rings is 1. The van der Waals surface area contributed by atoms with E-state index >= 15 is 0 Å². The maximum atomic E-state index is 12.1. The zero-order valence-electron chi connectivity index (χ0n) is 11.3. The molecule has 2 N–H and O–H groups in total. The molecule has 0 bridgehead atoms. The van der Waals surface area contributed by atoms with Crippen LogP contribution in [0.4, 0.5) is 5.95 Å². The molecule has 0 aliphatic carbocycles. The molecule has 0 radical (unpaired) electrons. The van der Waals surface area contributed by atoms with Crippen LogP contribution in [0.15, 0.2) is 36.0 Å². The highest BCUT2D eigenvalue weighted by molar-refractivity contribution is 7.89. The molecule has 3 rings (SSSR count). The van der Waals surface area contributed by atoms with Crippen molar-refractivity contribution in [3.8, 4) is 0 Å². The minimum atomic E-state index is -3.52. The quantitative estimate of drug-likeness (QED) is 0.833. The van der Waals surface area contributed by atoms with Gasteiger partial charge < -0.3 is 9.88 Å². The molecule has 9 heteroatoms. The van der Waals surface area contributed by atoms with Crippen molar-refractivity contribution in [2.45, 2.75) is 23.9 Å². The summed E-state index contributed by atoms with van der Waals surface area (Å²) in [5.41, 5.74) is 0. The van der Waals surface area contributed by atoms with E-state index in [0.717, 1.165) is 13.1 Å². The first-order chi connectivity index (χ1) is 10.1. The second-order valence-corrected chi connectivity index (χ2v) is 6.53. The molecule has 1 saturated heterocycles. The van der Waals surface area contributed by atoms with E-state index in [1.54, 1.807) is 18.5 Å². The number of H-pyrrole nitrogens is 1. The molecule has 2 aromatic heterocycles. The predicted molar refractivity (Wildman–Crippen MR) is 76.2 cm³/mol. The van der Waals surface area contributed by atoms with Gasteiger partial charge in [0.15, 0.2) is 5.03 Å². The van der Waals surface area contributed by atoms with E-state index in [4.69, 9.17) is 0 Å². The Bertz CT molecular complexity index is 665. The molecule has 0 aromatic carbocycles. The van der Waals surface area contributed by atoms with Crippen LogP contribution in [-0.4, -0.2) is 47.5 Å². The zero-order chi connectivity index (χ0) is 14.7. The molecule has 2 aromatic rings. The van der Waals surface area contributed by atoms with Crippen LogP contribution in [0.25, 0.3) is 0 Å². The molecular weight excluding hydrogens is 292 g/mol. The van der Waals surface area contributed by atoms with Crippen LogP contribution in [0.3, 0.4) is 0 Å². The van der Waals surface area contributed by atoms with Gasteiger partial charge in [-0.1, -0.05) is 0 Å². The molecule has 3 heterocycles. The van der Waals surface area contributed by atoms with Gasteiger partial charge in [0.2, 0.25) is 5.95 Å². The van der Waals surface area contributed by atoms with E-state index < -0.39 is 10.0 Å². The van der Waals surface area contributed by atoms with Gasteiger partial charge in [0, 0.05) is 31.5 Å². The van der Waals surface area contributed by atoms with Gasteiger partial charge in [0.05, 0.1) is 12.5 Å². The van der Waals surface area contributed by atoms with Crippen LogP contribution in [0.1, 0.15) is 12.8 Å². The van der Waals surface area contributed by atoms with Crippen LogP contribution in [0, 0.1) is 0 Å². The fourth-order valence-corrected chi connectivity index (χ4v) is 3.53. The average Bonchev–Trinajstić information content (AvgIpc) is 3.04. The summed E-state index contributed by atoms with van der Waals surface area (Å²) in [5.74, 6) is 0.687. The third-order valence-electron chi connectivity index (χ3n) is 3.41. The smallest absolute Gasteiger partial charge is 0.257 e. The number of imidazole rings is 1. The summed E-state index contributed by atoms with van der Waals surface area (Å²) in [7, 11) is -3.52. The standard InChI is InChI=1S/C12H16N6O2S/c19-21(20,11-8-13-9-16-11)17-10-2-6-18(7-3-10)12-14-4-1-5-15-12/h1,4-5,8-10,17H,2-3,6-7H2,(H,13,16).